The number of hydrogen-bond donors (Lipinski definition) is 2. The minimum atomic E-state index is -0.195. The molecule has 0 aliphatic rings. The van der Waals surface area contributed by atoms with Crippen molar-refractivity contribution in [3.8, 4) is 5.75 Å². The molecular weight excluding hydrogens is 451 g/mol. The van der Waals surface area contributed by atoms with E-state index in [9.17, 15) is 4.79 Å². The normalized spacial score (nSPS) is 10.8. The SMILES string of the molecule is COc1ccc(Cl)cc1NC(=O)CCc1nnc2ccc(NCc3ccc(Cl)cc3)nn12. The van der Waals surface area contributed by atoms with Crippen molar-refractivity contribution in [2.24, 2.45) is 0 Å². The largest absolute Gasteiger partial charge is 0.495 e. The van der Waals surface area contributed by atoms with Gasteiger partial charge in [0.05, 0.1) is 12.8 Å². The summed E-state index contributed by atoms with van der Waals surface area (Å²) in [6.45, 7) is 0.594. The van der Waals surface area contributed by atoms with Crippen molar-refractivity contribution in [1.82, 2.24) is 19.8 Å². The molecule has 0 fully saturated rings. The van der Waals surface area contributed by atoms with Gasteiger partial charge in [-0.2, -0.15) is 4.52 Å². The number of hydrogen-bond acceptors (Lipinski definition) is 6. The topological polar surface area (TPSA) is 93.4 Å². The third-order valence-corrected chi connectivity index (χ3v) is 5.21. The van der Waals surface area contributed by atoms with Crippen LogP contribution >= 0.6 is 23.2 Å². The highest BCUT2D eigenvalue weighted by molar-refractivity contribution is 6.31. The van der Waals surface area contributed by atoms with Crippen molar-refractivity contribution >= 4 is 46.3 Å². The average Bonchev–Trinajstić information content (AvgIpc) is 3.20. The summed E-state index contributed by atoms with van der Waals surface area (Å²) in [5.41, 5.74) is 2.20. The number of ether oxygens (including phenoxy) is 1. The zero-order valence-electron chi connectivity index (χ0n) is 17.2. The number of aryl methyl sites for hydroxylation is 1. The molecule has 0 spiro atoms. The molecule has 0 unspecified atom stereocenters. The highest BCUT2D eigenvalue weighted by Crippen LogP contribution is 2.27. The molecule has 1 amide bonds. The monoisotopic (exact) mass is 470 g/mol. The summed E-state index contributed by atoms with van der Waals surface area (Å²) in [5.74, 6) is 1.60. The van der Waals surface area contributed by atoms with Crippen LogP contribution in [-0.4, -0.2) is 32.8 Å². The molecule has 0 bridgehead atoms. The number of carbonyl (C=O) groups is 1. The van der Waals surface area contributed by atoms with Gasteiger partial charge >= 0.3 is 0 Å². The van der Waals surface area contributed by atoms with E-state index in [4.69, 9.17) is 27.9 Å². The van der Waals surface area contributed by atoms with Crippen molar-refractivity contribution in [3.05, 3.63) is 76.0 Å². The van der Waals surface area contributed by atoms with E-state index in [0.29, 0.717) is 51.7 Å². The van der Waals surface area contributed by atoms with E-state index in [2.05, 4.69) is 25.9 Å². The first-order valence-corrected chi connectivity index (χ1v) is 10.6. The van der Waals surface area contributed by atoms with Crippen LogP contribution in [-0.2, 0) is 17.8 Å². The summed E-state index contributed by atoms with van der Waals surface area (Å²) in [6, 6.07) is 16.3. The lowest BCUT2D eigenvalue weighted by Gasteiger charge is -2.10. The Morgan fingerprint density at radius 2 is 1.81 bits per heavy atom. The van der Waals surface area contributed by atoms with E-state index < -0.39 is 0 Å². The number of nitrogens with one attached hydrogen (secondary N) is 2. The Bertz CT molecular complexity index is 1240. The fourth-order valence-electron chi connectivity index (χ4n) is 3.09. The fraction of sp³-hybridized carbons (Fsp3) is 0.182. The van der Waals surface area contributed by atoms with Crippen molar-refractivity contribution in [2.45, 2.75) is 19.4 Å². The second-order valence-electron chi connectivity index (χ2n) is 6.98. The van der Waals surface area contributed by atoms with Crippen LogP contribution in [0, 0.1) is 0 Å². The second kappa shape index (κ2) is 9.84. The van der Waals surface area contributed by atoms with Crippen LogP contribution in [0.3, 0.4) is 0 Å². The Kier molecular flexibility index (Phi) is 6.72. The van der Waals surface area contributed by atoms with E-state index in [0.717, 1.165) is 5.56 Å². The Labute approximate surface area is 194 Å². The van der Waals surface area contributed by atoms with Crippen LogP contribution in [0.2, 0.25) is 10.0 Å². The number of rotatable bonds is 8. The van der Waals surface area contributed by atoms with Gasteiger partial charge < -0.3 is 15.4 Å². The Hall–Kier alpha value is -3.36. The van der Waals surface area contributed by atoms with Gasteiger partial charge in [-0.3, -0.25) is 4.79 Å². The second-order valence-corrected chi connectivity index (χ2v) is 7.85. The molecule has 2 aromatic carbocycles. The smallest absolute Gasteiger partial charge is 0.224 e. The van der Waals surface area contributed by atoms with Gasteiger partial charge in [-0.1, -0.05) is 35.3 Å². The lowest BCUT2D eigenvalue weighted by molar-refractivity contribution is -0.116. The summed E-state index contributed by atoms with van der Waals surface area (Å²) in [6.07, 6.45) is 0.560. The van der Waals surface area contributed by atoms with Crippen LogP contribution < -0.4 is 15.4 Å². The predicted molar refractivity (Wildman–Crippen MR) is 125 cm³/mol. The standard InChI is InChI=1S/C22H20Cl2N6O2/c1-32-18-7-6-16(24)12-17(18)26-22(31)11-10-21-28-27-20-9-8-19(29-30(20)21)25-13-14-2-4-15(23)5-3-14/h2-9,12H,10-11,13H2,1H3,(H,25,29)(H,26,31). The lowest BCUT2D eigenvalue weighted by atomic mass is 10.2. The molecule has 4 aromatic rings. The number of halogens is 2. The quantitative estimate of drug-likeness (QED) is 0.390. The summed E-state index contributed by atoms with van der Waals surface area (Å²) < 4.78 is 6.90. The van der Waals surface area contributed by atoms with Crippen molar-refractivity contribution in [2.75, 3.05) is 17.7 Å². The molecular formula is C22H20Cl2N6O2. The number of aromatic nitrogens is 4. The number of fused-ring (bicyclic) bond motifs is 1. The molecule has 0 radical (unpaired) electrons. The van der Waals surface area contributed by atoms with E-state index in [-0.39, 0.29) is 12.3 Å². The molecule has 10 heteroatoms. The van der Waals surface area contributed by atoms with Gasteiger partial charge in [0.15, 0.2) is 11.5 Å². The maximum Gasteiger partial charge on any atom is 0.224 e. The van der Waals surface area contributed by atoms with Gasteiger partial charge in [-0.25, -0.2) is 0 Å². The van der Waals surface area contributed by atoms with E-state index in [1.165, 1.54) is 7.11 Å². The molecule has 164 valence electrons. The highest BCUT2D eigenvalue weighted by atomic mass is 35.5. The van der Waals surface area contributed by atoms with Gasteiger partial charge in [0.2, 0.25) is 5.91 Å². The lowest BCUT2D eigenvalue weighted by Crippen LogP contribution is -2.14. The highest BCUT2D eigenvalue weighted by Gasteiger charge is 2.12. The minimum absolute atomic E-state index is 0.195. The van der Waals surface area contributed by atoms with Gasteiger partial charge in [0, 0.05) is 29.4 Å². The maximum absolute atomic E-state index is 12.5. The van der Waals surface area contributed by atoms with Crippen LogP contribution in [0.15, 0.2) is 54.6 Å². The fourth-order valence-corrected chi connectivity index (χ4v) is 3.39. The van der Waals surface area contributed by atoms with Crippen LogP contribution in [0.1, 0.15) is 17.8 Å². The van der Waals surface area contributed by atoms with E-state index >= 15 is 0 Å². The molecule has 0 aliphatic heterocycles. The van der Waals surface area contributed by atoms with Crippen molar-refractivity contribution in [1.29, 1.82) is 0 Å². The van der Waals surface area contributed by atoms with Gasteiger partial charge in [0.25, 0.3) is 0 Å². The molecule has 4 rings (SSSR count). The summed E-state index contributed by atoms with van der Waals surface area (Å²) >= 11 is 11.9. The average molecular weight is 471 g/mol. The van der Waals surface area contributed by atoms with Gasteiger partial charge in [0.1, 0.15) is 11.6 Å². The molecule has 2 aromatic heterocycles. The molecule has 0 aliphatic carbocycles. The number of amides is 1. The van der Waals surface area contributed by atoms with Crippen LogP contribution in [0.25, 0.3) is 5.65 Å². The Morgan fingerprint density at radius 1 is 1.03 bits per heavy atom. The molecule has 2 heterocycles. The molecule has 8 nitrogen and oxygen atoms in total. The predicted octanol–water partition coefficient (Wildman–Crippen LogP) is 4.62. The first-order chi connectivity index (χ1) is 15.5. The first-order valence-electron chi connectivity index (χ1n) is 9.85. The number of carbonyl (C=O) groups excluding carboxylic acids is 1. The Balaban J connectivity index is 1.41. The van der Waals surface area contributed by atoms with Crippen molar-refractivity contribution in [3.63, 3.8) is 0 Å². The Morgan fingerprint density at radius 3 is 2.59 bits per heavy atom. The summed E-state index contributed by atoms with van der Waals surface area (Å²) in [7, 11) is 1.53. The maximum atomic E-state index is 12.5. The number of methoxy groups -OCH3 is 1. The number of nitrogens with zero attached hydrogens (tertiary/aromatic N) is 4. The molecule has 0 atom stereocenters. The number of anilines is 2. The van der Waals surface area contributed by atoms with Gasteiger partial charge in [-0.05, 0) is 48.0 Å². The molecule has 0 saturated carbocycles. The summed E-state index contributed by atoms with van der Waals surface area (Å²) in [5, 5.41) is 20.1. The summed E-state index contributed by atoms with van der Waals surface area (Å²) in [4.78, 5) is 12.5. The third kappa shape index (κ3) is 5.27. The van der Waals surface area contributed by atoms with Crippen LogP contribution in [0.4, 0.5) is 11.5 Å². The number of benzene rings is 2. The van der Waals surface area contributed by atoms with Crippen LogP contribution in [0.5, 0.6) is 5.75 Å². The third-order valence-electron chi connectivity index (χ3n) is 4.73. The van der Waals surface area contributed by atoms with Crippen molar-refractivity contribution < 1.29 is 9.53 Å². The van der Waals surface area contributed by atoms with E-state index in [1.807, 2.05) is 36.4 Å². The molecule has 0 saturated heterocycles. The van der Waals surface area contributed by atoms with E-state index in [1.54, 1.807) is 22.7 Å². The zero-order valence-corrected chi connectivity index (χ0v) is 18.7. The van der Waals surface area contributed by atoms with Gasteiger partial charge in [-0.15, -0.1) is 15.3 Å². The molecule has 32 heavy (non-hydrogen) atoms. The first kappa shape index (κ1) is 21.9. The zero-order chi connectivity index (χ0) is 22.5. The molecule has 2 N–H and O–H groups in total. The minimum Gasteiger partial charge on any atom is -0.495 e.